The Morgan fingerprint density at radius 1 is 0.882 bits per heavy atom. The molecule has 0 radical (unpaired) electrons. The molecular weight excluding hydrogens is 230 g/mol. The second-order valence-corrected chi connectivity index (χ2v) is 4.58. The number of halogens is 1. The van der Waals surface area contributed by atoms with E-state index in [1.54, 1.807) is 0 Å². The van der Waals surface area contributed by atoms with Crippen LogP contribution in [-0.2, 0) is 0 Å². The zero-order chi connectivity index (χ0) is 12.3. The highest BCUT2D eigenvalue weighted by Gasteiger charge is 2.02. The molecule has 1 nitrogen and oxygen atoms in total. The van der Waals surface area contributed by atoms with E-state index in [1.165, 1.54) is 16.7 Å². The molecule has 88 valence electrons. The number of hydrogen-bond acceptors (Lipinski definition) is 1. The molecule has 0 bridgehead atoms. The smallest absolute Gasteiger partial charge is 0.0406 e. The van der Waals surface area contributed by atoms with Crippen molar-refractivity contribution >= 4 is 11.6 Å². The predicted molar refractivity (Wildman–Crippen MR) is 74.4 cm³/mol. The van der Waals surface area contributed by atoms with Gasteiger partial charge in [0.25, 0.3) is 0 Å². The van der Waals surface area contributed by atoms with Gasteiger partial charge in [0, 0.05) is 11.1 Å². The van der Waals surface area contributed by atoms with Crippen LogP contribution in [0, 0.1) is 0 Å². The molecule has 0 aliphatic carbocycles. The fraction of sp³-hybridized carbons (Fsp3) is 0.200. The summed E-state index contributed by atoms with van der Waals surface area (Å²) in [5.74, 6) is 0. The van der Waals surface area contributed by atoms with E-state index in [1.807, 2.05) is 31.3 Å². The Bertz CT molecular complexity index is 473. The lowest BCUT2D eigenvalue weighted by molar-refractivity contribution is 0.652. The zero-order valence-electron chi connectivity index (χ0n) is 10.1. The van der Waals surface area contributed by atoms with E-state index in [0.29, 0.717) is 6.04 Å². The minimum Gasteiger partial charge on any atom is -0.313 e. The number of hydrogen-bond donors (Lipinski definition) is 1. The fourth-order valence-corrected chi connectivity index (χ4v) is 1.90. The highest BCUT2D eigenvalue weighted by atomic mass is 35.5. The van der Waals surface area contributed by atoms with E-state index in [0.717, 1.165) is 5.02 Å². The van der Waals surface area contributed by atoms with Gasteiger partial charge in [-0.15, -0.1) is 0 Å². The summed E-state index contributed by atoms with van der Waals surface area (Å²) < 4.78 is 0. The van der Waals surface area contributed by atoms with Crippen LogP contribution >= 0.6 is 11.6 Å². The molecule has 2 rings (SSSR count). The second kappa shape index (κ2) is 5.35. The van der Waals surface area contributed by atoms with Crippen LogP contribution in [0.1, 0.15) is 18.5 Å². The fourth-order valence-electron chi connectivity index (χ4n) is 1.77. The van der Waals surface area contributed by atoms with E-state index in [9.17, 15) is 0 Å². The molecule has 0 saturated carbocycles. The first kappa shape index (κ1) is 12.2. The van der Waals surface area contributed by atoms with Crippen molar-refractivity contribution in [1.29, 1.82) is 0 Å². The van der Waals surface area contributed by atoms with Crippen LogP contribution in [0.2, 0.25) is 5.02 Å². The second-order valence-electron chi connectivity index (χ2n) is 4.14. The largest absolute Gasteiger partial charge is 0.313 e. The van der Waals surface area contributed by atoms with Crippen LogP contribution < -0.4 is 5.32 Å². The molecule has 0 aromatic heterocycles. The average molecular weight is 246 g/mol. The van der Waals surface area contributed by atoms with E-state index < -0.39 is 0 Å². The van der Waals surface area contributed by atoms with Crippen LogP contribution in [0.5, 0.6) is 0 Å². The molecule has 1 N–H and O–H groups in total. The van der Waals surface area contributed by atoms with Gasteiger partial charge in [-0.2, -0.15) is 0 Å². The van der Waals surface area contributed by atoms with Gasteiger partial charge in [0.2, 0.25) is 0 Å². The van der Waals surface area contributed by atoms with Crippen LogP contribution in [-0.4, -0.2) is 7.05 Å². The van der Waals surface area contributed by atoms with Crippen molar-refractivity contribution in [2.45, 2.75) is 13.0 Å². The molecule has 0 spiro atoms. The van der Waals surface area contributed by atoms with Gasteiger partial charge in [-0.1, -0.05) is 48.0 Å². The minimum atomic E-state index is 0.384. The molecule has 2 aromatic carbocycles. The maximum absolute atomic E-state index is 5.88. The molecule has 17 heavy (non-hydrogen) atoms. The molecule has 0 fully saturated rings. The van der Waals surface area contributed by atoms with Gasteiger partial charge in [-0.05, 0) is 42.8 Å². The van der Waals surface area contributed by atoms with Crippen molar-refractivity contribution in [2.24, 2.45) is 0 Å². The summed E-state index contributed by atoms with van der Waals surface area (Å²) in [6.07, 6.45) is 0. The van der Waals surface area contributed by atoms with E-state index in [4.69, 9.17) is 11.6 Å². The summed E-state index contributed by atoms with van der Waals surface area (Å²) in [5, 5.41) is 4.00. The molecule has 0 aliphatic heterocycles. The first-order valence-electron chi connectivity index (χ1n) is 5.74. The van der Waals surface area contributed by atoms with Crippen molar-refractivity contribution in [3.05, 3.63) is 59.1 Å². The summed E-state index contributed by atoms with van der Waals surface area (Å²) in [6.45, 7) is 2.15. The normalized spacial score (nSPS) is 12.4. The van der Waals surface area contributed by atoms with Crippen molar-refractivity contribution in [1.82, 2.24) is 5.32 Å². The third kappa shape index (κ3) is 2.87. The third-order valence-corrected chi connectivity index (χ3v) is 3.27. The molecule has 1 atom stereocenters. The third-order valence-electron chi connectivity index (χ3n) is 3.02. The Morgan fingerprint density at radius 2 is 1.35 bits per heavy atom. The zero-order valence-corrected chi connectivity index (χ0v) is 10.8. The molecule has 0 aliphatic rings. The first-order chi connectivity index (χ1) is 8.20. The molecule has 2 aromatic rings. The topological polar surface area (TPSA) is 12.0 Å². The number of nitrogens with one attached hydrogen (secondary N) is 1. The van der Waals surface area contributed by atoms with Crippen molar-refractivity contribution in [3.8, 4) is 11.1 Å². The van der Waals surface area contributed by atoms with Gasteiger partial charge in [0.15, 0.2) is 0 Å². The highest BCUT2D eigenvalue weighted by Crippen LogP contribution is 2.23. The molecule has 0 unspecified atom stereocenters. The monoisotopic (exact) mass is 245 g/mol. The van der Waals surface area contributed by atoms with Gasteiger partial charge in [-0.3, -0.25) is 0 Å². The van der Waals surface area contributed by atoms with Crippen LogP contribution in [0.15, 0.2) is 48.5 Å². The van der Waals surface area contributed by atoms with Gasteiger partial charge < -0.3 is 5.32 Å². The Labute approximate surface area is 107 Å². The minimum absolute atomic E-state index is 0.384. The predicted octanol–water partition coefficient (Wildman–Crippen LogP) is 4.29. The molecule has 0 saturated heterocycles. The number of rotatable bonds is 3. The molecule has 0 amide bonds. The lowest BCUT2D eigenvalue weighted by atomic mass is 10.0. The van der Waals surface area contributed by atoms with E-state index >= 15 is 0 Å². The highest BCUT2D eigenvalue weighted by molar-refractivity contribution is 6.30. The summed E-state index contributed by atoms with van der Waals surface area (Å²) in [6, 6.07) is 16.9. The lowest BCUT2D eigenvalue weighted by Gasteiger charge is -2.11. The van der Waals surface area contributed by atoms with Gasteiger partial charge in [0.05, 0.1) is 0 Å². The maximum Gasteiger partial charge on any atom is 0.0406 e. The van der Waals surface area contributed by atoms with Crippen LogP contribution in [0.4, 0.5) is 0 Å². The SMILES string of the molecule is CN[C@H](C)c1ccc(-c2ccc(Cl)cc2)cc1. The Hall–Kier alpha value is -1.31. The lowest BCUT2D eigenvalue weighted by Crippen LogP contribution is -2.11. The summed E-state index contributed by atoms with van der Waals surface area (Å²) >= 11 is 5.88. The summed E-state index contributed by atoms with van der Waals surface area (Å²) in [4.78, 5) is 0. The standard InChI is InChI=1S/C15H16ClN/c1-11(17-2)12-3-5-13(6-4-12)14-7-9-15(16)10-8-14/h3-11,17H,1-2H3/t11-/m1/s1. The molecular formula is C15H16ClN. The van der Waals surface area contributed by atoms with Crippen molar-refractivity contribution < 1.29 is 0 Å². The van der Waals surface area contributed by atoms with Gasteiger partial charge >= 0.3 is 0 Å². The quantitative estimate of drug-likeness (QED) is 0.851. The molecule has 0 heterocycles. The van der Waals surface area contributed by atoms with Gasteiger partial charge in [-0.25, -0.2) is 0 Å². The van der Waals surface area contributed by atoms with Crippen LogP contribution in [0.3, 0.4) is 0 Å². The van der Waals surface area contributed by atoms with E-state index in [-0.39, 0.29) is 0 Å². The first-order valence-corrected chi connectivity index (χ1v) is 6.11. The Balaban J connectivity index is 2.26. The number of benzene rings is 2. The van der Waals surface area contributed by atoms with Crippen molar-refractivity contribution in [2.75, 3.05) is 7.05 Å². The molecule has 2 heteroatoms. The summed E-state index contributed by atoms with van der Waals surface area (Å²) in [7, 11) is 1.97. The maximum atomic E-state index is 5.88. The average Bonchev–Trinajstić information content (AvgIpc) is 2.39. The van der Waals surface area contributed by atoms with E-state index in [2.05, 4.69) is 36.5 Å². The van der Waals surface area contributed by atoms with Gasteiger partial charge in [0.1, 0.15) is 0 Å². The van der Waals surface area contributed by atoms with Crippen LogP contribution in [0.25, 0.3) is 11.1 Å². The summed E-state index contributed by atoms with van der Waals surface area (Å²) in [5.41, 5.74) is 3.71. The Kier molecular flexibility index (Phi) is 3.82. The van der Waals surface area contributed by atoms with Crippen molar-refractivity contribution in [3.63, 3.8) is 0 Å². The Morgan fingerprint density at radius 3 is 1.82 bits per heavy atom.